The SMILES string of the molecule is [CH2-]C(N)=NC.[CH2-]C(N)=NC.[Y]. The number of hydrogen-bond donors (Lipinski definition) is 2. The Hall–Kier alpha value is -0.216. The Balaban J connectivity index is -0.000000107. The van der Waals surface area contributed by atoms with Gasteiger partial charge in [0, 0.05) is 46.8 Å². The maximum absolute atomic E-state index is 4.93. The third kappa shape index (κ3) is 41.4. The molecule has 0 saturated heterocycles. The van der Waals surface area contributed by atoms with E-state index < -0.39 is 0 Å². The molecule has 0 spiro atoms. The summed E-state index contributed by atoms with van der Waals surface area (Å²) in [7, 11) is 3.20. The third-order valence-corrected chi connectivity index (χ3v) is 0.574. The van der Waals surface area contributed by atoms with Gasteiger partial charge in [0.2, 0.25) is 0 Å². The van der Waals surface area contributed by atoms with Crippen LogP contribution in [0.5, 0.6) is 0 Å². The molecule has 0 amide bonds. The van der Waals surface area contributed by atoms with Crippen LogP contribution < -0.4 is 11.5 Å². The van der Waals surface area contributed by atoms with Crippen LogP contribution in [0.15, 0.2) is 9.98 Å². The number of aliphatic imine (C=N–C) groups is 2. The van der Waals surface area contributed by atoms with Crippen molar-refractivity contribution in [2.45, 2.75) is 0 Å². The zero-order chi connectivity index (χ0) is 8.57. The van der Waals surface area contributed by atoms with Gasteiger partial charge >= 0.3 is 0 Å². The summed E-state index contributed by atoms with van der Waals surface area (Å²) >= 11 is 0. The van der Waals surface area contributed by atoms with Gasteiger partial charge < -0.3 is 35.3 Å². The molecule has 0 aromatic heterocycles. The molecule has 11 heavy (non-hydrogen) atoms. The summed E-state index contributed by atoms with van der Waals surface area (Å²) in [5, 5.41) is 0. The van der Waals surface area contributed by atoms with Gasteiger partial charge in [-0.2, -0.15) is 0 Å². The first-order valence-corrected chi connectivity index (χ1v) is 2.63. The molecule has 0 unspecified atom stereocenters. The van der Waals surface area contributed by atoms with Crippen LogP contribution in [0.2, 0.25) is 0 Å². The van der Waals surface area contributed by atoms with Gasteiger partial charge in [-0.3, -0.25) is 0 Å². The molecule has 0 heterocycles. The van der Waals surface area contributed by atoms with Crippen LogP contribution in [0.4, 0.5) is 0 Å². The molecule has 1 radical (unpaired) electrons. The van der Waals surface area contributed by atoms with Crippen molar-refractivity contribution < 1.29 is 32.7 Å². The van der Waals surface area contributed by atoms with Gasteiger partial charge in [-0.15, -0.1) is 0 Å². The van der Waals surface area contributed by atoms with Crippen LogP contribution in [0.25, 0.3) is 0 Å². The minimum Gasteiger partial charge on any atom is -0.412 e. The second-order valence-electron chi connectivity index (χ2n) is 1.43. The number of rotatable bonds is 0. The molecule has 0 aromatic carbocycles. The Morgan fingerprint density at radius 2 is 1.09 bits per heavy atom. The predicted molar refractivity (Wildman–Crippen MR) is 45.8 cm³/mol. The summed E-state index contributed by atoms with van der Waals surface area (Å²) in [6.07, 6.45) is 0. The third-order valence-electron chi connectivity index (χ3n) is 0.574. The number of hydrogen-bond acceptors (Lipinski definition) is 2. The minimum absolute atomic E-state index is 0. The monoisotopic (exact) mass is 231 g/mol. The first kappa shape index (κ1) is 17.0. The fourth-order valence-corrected chi connectivity index (χ4v) is 0. The molecule has 63 valence electrons. The van der Waals surface area contributed by atoms with Crippen molar-refractivity contribution in [2.75, 3.05) is 14.1 Å². The standard InChI is InChI=1S/2C3H7N2.Y/c2*1-3(4)5-2;/h2*1H2,2H3,(H2,4,5);/q2*-1;. The van der Waals surface area contributed by atoms with Crippen molar-refractivity contribution in [1.29, 1.82) is 0 Å². The Morgan fingerprint density at radius 3 is 1.09 bits per heavy atom. The Kier molecular flexibility index (Phi) is 19.3. The van der Waals surface area contributed by atoms with Gasteiger partial charge in [0.25, 0.3) is 0 Å². The number of nitrogens with zero attached hydrogens (tertiary/aromatic N) is 2. The average molecular weight is 231 g/mol. The van der Waals surface area contributed by atoms with E-state index >= 15 is 0 Å². The van der Waals surface area contributed by atoms with E-state index in [1.165, 1.54) is 0 Å². The normalized spacial score (nSPS) is 10.7. The molecule has 4 N–H and O–H groups in total. The summed E-state index contributed by atoms with van der Waals surface area (Å²) in [6.45, 7) is 6.57. The summed E-state index contributed by atoms with van der Waals surface area (Å²) in [4.78, 5) is 6.94. The maximum Gasteiger partial charge on any atom is 0.0266 e. The van der Waals surface area contributed by atoms with Crippen molar-refractivity contribution >= 4 is 11.7 Å². The Morgan fingerprint density at radius 1 is 1.00 bits per heavy atom. The van der Waals surface area contributed by atoms with Crippen LogP contribution in [-0.4, -0.2) is 25.8 Å². The van der Waals surface area contributed by atoms with Crippen molar-refractivity contribution in [3.63, 3.8) is 0 Å². The molecule has 4 nitrogen and oxygen atoms in total. The van der Waals surface area contributed by atoms with Crippen LogP contribution in [0.3, 0.4) is 0 Å². The van der Waals surface area contributed by atoms with Gasteiger partial charge in [-0.25, -0.2) is 0 Å². The molecule has 0 saturated carbocycles. The molecule has 0 aliphatic rings. The molecule has 5 heteroatoms. The average Bonchev–Trinajstić information content (AvgIpc) is 1.89. The van der Waals surface area contributed by atoms with Crippen molar-refractivity contribution in [2.24, 2.45) is 21.5 Å². The van der Waals surface area contributed by atoms with E-state index in [9.17, 15) is 0 Å². The van der Waals surface area contributed by atoms with Crippen LogP contribution in [0, 0.1) is 13.8 Å². The molecule has 0 rings (SSSR count). The Bertz CT molecular complexity index is 107. The van der Waals surface area contributed by atoms with Gasteiger partial charge in [-0.1, -0.05) is 0 Å². The van der Waals surface area contributed by atoms with E-state index in [0.29, 0.717) is 11.7 Å². The van der Waals surface area contributed by atoms with E-state index in [4.69, 9.17) is 11.5 Å². The van der Waals surface area contributed by atoms with Crippen LogP contribution in [0.1, 0.15) is 0 Å². The summed E-state index contributed by atoms with van der Waals surface area (Å²) in [5.74, 6) is 0.759. The summed E-state index contributed by atoms with van der Waals surface area (Å²) in [5.41, 5.74) is 9.86. The number of nitrogens with two attached hydrogens (primary N) is 2. The maximum atomic E-state index is 4.93. The van der Waals surface area contributed by atoms with Gasteiger partial charge in [-0.05, 0) is 11.7 Å². The summed E-state index contributed by atoms with van der Waals surface area (Å²) in [6, 6.07) is 0. The first-order valence-electron chi connectivity index (χ1n) is 2.63. The molecule has 0 bridgehead atoms. The molecule has 0 atom stereocenters. The zero-order valence-corrected chi connectivity index (χ0v) is 9.88. The molecule has 0 aliphatic carbocycles. The molecular formula is C6H14N4Y-2. The smallest absolute Gasteiger partial charge is 0.0266 e. The zero-order valence-electron chi connectivity index (χ0n) is 7.04. The minimum atomic E-state index is 0. The van der Waals surface area contributed by atoms with E-state index in [0.717, 1.165) is 0 Å². The van der Waals surface area contributed by atoms with Crippen molar-refractivity contribution in [3.05, 3.63) is 13.8 Å². The fraction of sp³-hybridized carbons (Fsp3) is 0.333. The van der Waals surface area contributed by atoms with Crippen LogP contribution >= 0.6 is 0 Å². The van der Waals surface area contributed by atoms with E-state index in [-0.39, 0.29) is 32.7 Å². The second-order valence-corrected chi connectivity index (χ2v) is 1.43. The second kappa shape index (κ2) is 12.5. The van der Waals surface area contributed by atoms with Gasteiger partial charge in [0.15, 0.2) is 0 Å². The van der Waals surface area contributed by atoms with Gasteiger partial charge in [0.1, 0.15) is 0 Å². The molecular weight excluding hydrogens is 217 g/mol. The fourth-order valence-electron chi connectivity index (χ4n) is 0. The molecule has 0 aromatic rings. The molecule has 0 aliphatic heterocycles. The van der Waals surface area contributed by atoms with Crippen molar-refractivity contribution in [3.8, 4) is 0 Å². The predicted octanol–water partition coefficient (Wildman–Crippen LogP) is -0.388. The van der Waals surface area contributed by atoms with Crippen LogP contribution in [-0.2, 0) is 32.7 Å². The van der Waals surface area contributed by atoms with E-state index in [1.54, 1.807) is 14.1 Å². The summed E-state index contributed by atoms with van der Waals surface area (Å²) < 4.78 is 0. The van der Waals surface area contributed by atoms with Crippen molar-refractivity contribution in [1.82, 2.24) is 0 Å². The quantitative estimate of drug-likeness (QED) is 0.338. The molecule has 0 fully saturated rings. The topological polar surface area (TPSA) is 76.8 Å². The van der Waals surface area contributed by atoms with Gasteiger partial charge in [0.05, 0.1) is 0 Å². The first-order chi connectivity index (χ1) is 4.54. The number of amidine groups is 2. The largest absolute Gasteiger partial charge is 0.412 e. The Labute approximate surface area is 93.4 Å². The van der Waals surface area contributed by atoms with E-state index in [1.807, 2.05) is 0 Å². The van der Waals surface area contributed by atoms with E-state index in [2.05, 4.69) is 23.8 Å².